The van der Waals surface area contributed by atoms with E-state index in [1.807, 2.05) is 0 Å². The standard InChI is InChI=1S/C14H20O/c1-2-3-4-8-11-13-14(15-13)12-9-6-5-7-10-12/h5-7,9-10,13-14H,2-4,8,11H2,1H3/t13-,14-/m0/s1. The molecule has 2 rings (SSSR count). The van der Waals surface area contributed by atoms with Gasteiger partial charge in [0.15, 0.2) is 0 Å². The molecule has 0 radical (unpaired) electrons. The van der Waals surface area contributed by atoms with E-state index in [-0.39, 0.29) is 0 Å². The Balaban J connectivity index is 1.68. The molecule has 1 saturated heterocycles. The van der Waals surface area contributed by atoms with E-state index in [9.17, 15) is 0 Å². The molecule has 1 aliphatic heterocycles. The van der Waals surface area contributed by atoms with Gasteiger partial charge in [-0.3, -0.25) is 0 Å². The van der Waals surface area contributed by atoms with E-state index in [1.54, 1.807) is 0 Å². The molecule has 0 bridgehead atoms. The molecule has 0 amide bonds. The first-order valence-corrected chi connectivity index (χ1v) is 6.12. The lowest BCUT2D eigenvalue weighted by Crippen LogP contribution is -1.89. The lowest BCUT2D eigenvalue weighted by molar-refractivity contribution is 0.360. The van der Waals surface area contributed by atoms with Gasteiger partial charge in [0.1, 0.15) is 6.10 Å². The summed E-state index contributed by atoms with van der Waals surface area (Å²) in [6, 6.07) is 10.6. The summed E-state index contributed by atoms with van der Waals surface area (Å²) in [6.07, 6.45) is 7.49. The van der Waals surface area contributed by atoms with E-state index in [2.05, 4.69) is 37.3 Å². The molecule has 1 heterocycles. The second-order valence-electron chi connectivity index (χ2n) is 4.36. The molecule has 0 spiro atoms. The minimum absolute atomic E-state index is 0.396. The van der Waals surface area contributed by atoms with Crippen LogP contribution in [0.2, 0.25) is 0 Å². The van der Waals surface area contributed by atoms with Gasteiger partial charge in [0.2, 0.25) is 0 Å². The number of rotatable bonds is 6. The monoisotopic (exact) mass is 204 g/mol. The maximum absolute atomic E-state index is 5.68. The first-order chi connectivity index (χ1) is 7.42. The van der Waals surface area contributed by atoms with Gasteiger partial charge in [-0.15, -0.1) is 0 Å². The smallest absolute Gasteiger partial charge is 0.109 e. The van der Waals surface area contributed by atoms with Crippen molar-refractivity contribution in [2.75, 3.05) is 0 Å². The fourth-order valence-electron chi connectivity index (χ4n) is 2.07. The van der Waals surface area contributed by atoms with Gasteiger partial charge in [-0.25, -0.2) is 0 Å². The Morgan fingerprint density at radius 1 is 1.07 bits per heavy atom. The molecule has 1 heteroatoms. The van der Waals surface area contributed by atoms with Crippen LogP contribution in [-0.2, 0) is 4.74 Å². The third-order valence-electron chi connectivity index (χ3n) is 3.05. The van der Waals surface area contributed by atoms with Crippen LogP contribution in [0.5, 0.6) is 0 Å². The number of epoxide rings is 1. The first kappa shape index (κ1) is 10.7. The molecule has 0 aromatic heterocycles. The molecule has 1 aliphatic rings. The van der Waals surface area contributed by atoms with E-state index in [1.165, 1.54) is 37.7 Å². The molecule has 1 fully saturated rings. The summed E-state index contributed by atoms with van der Waals surface area (Å²) in [6.45, 7) is 2.25. The normalized spacial score (nSPS) is 24.1. The average molecular weight is 204 g/mol. The predicted molar refractivity (Wildman–Crippen MR) is 62.8 cm³/mol. The fraction of sp³-hybridized carbons (Fsp3) is 0.571. The Labute approximate surface area is 92.5 Å². The highest BCUT2D eigenvalue weighted by atomic mass is 16.6. The van der Waals surface area contributed by atoms with Crippen LogP contribution in [0.15, 0.2) is 30.3 Å². The minimum atomic E-state index is 0.396. The highest BCUT2D eigenvalue weighted by Gasteiger charge is 2.38. The van der Waals surface area contributed by atoms with Crippen molar-refractivity contribution in [3.8, 4) is 0 Å². The Bertz CT molecular complexity index is 281. The van der Waals surface area contributed by atoms with Crippen LogP contribution in [0.4, 0.5) is 0 Å². The Morgan fingerprint density at radius 3 is 2.60 bits per heavy atom. The van der Waals surface area contributed by atoms with Crippen molar-refractivity contribution in [3.05, 3.63) is 35.9 Å². The molecular weight excluding hydrogens is 184 g/mol. The van der Waals surface area contributed by atoms with Gasteiger partial charge in [0, 0.05) is 0 Å². The van der Waals surface area contributed by atoms with Gasteiger partial charge < -0.3 is 4.74 Å². The molecule has 2 atom stereocenters. The number of hydrogen-bond donors (Lipinski definition) is 0. The molecule has 1 nitrogen and oxygen atoms in total. The maximum Gasteiger partial charge on any atom is 0.109 e. The minimum Gasteiger partial charge on any atom is -0.365 e. The van der Waals surface area contributed by atoms with Crippen molar-refractivity contribution in [2.24, 2.45) is 0 Å². The van der Waals surface area contributed by atoms with Crippen LogP contribution in [-0.4, -0.2) is 6.10 Å². The lowest BCUT2D eigenvalue weighted by atomic mass is 10.1. The van der Waals surface area contributed by atoms with Crippen LogP contribution in [0, 0.1) is 0 Å². The average Bonchev–Trinajstić information content (AvgIpc) is 3.05. The van der Waals surface area contributed by atoms with E-state index >= 15 is 0 Å². The largest absolute Gasteiger partial charge is 0.365 e. The molecule has 82 valence electrons. The highest BCUT2D eigenvalue weighted by molar-refractivity contribution is 5.22. The van der Waals surface area contributed by atoms with E-state index in [4.69, 9.17) is 4.74 Å². The highest BCUT2D eigenvalue weighted by Crippen LogP contribution is 2.41. The van der Waals surface area contributed by atoms with E-state index < -0.39 is 0 Å². The second kappa shape index (κ2) is 5.32. The van der Waals surface area contributed by atoms with Crippen LogP contribution in [0.1, 0.15) is 50.7 Å². The number of unbranched alkanes of at least 4 members (excludes halogenated alkanes) is 3. The predicted octanol–water partition coefficient (Wildman–Crippen LogP) is 4.10. The van der Waals surface area contributed by atoms with Crippen LogP contribution in [0.25, 0.3) is 0 Å². The summed E-state index contributed by atoms with van der Waals surface area (Å²) in [5, 5.41) is 0. The van der Waals surface area contributed by atoms with Gasteiger partial charge in [-0.1, -0.05) is 62.9 Å². The van der Waals surface area contributed by atoms with Gasteiger partial charge in [-0.05, 0) is 12.0 Å². The van der Waals surface area contributed by atoms with Crippen molar-refractivity contribution in [1.82, 2.24) is 0 Å². The Kier molecular flexibility index (Phi) is 3.79. The summed E-state index contributed by atoms with van der Waals surface area (Å²) < 4.78 is 5.68. The van der Waals surface area contributed by atoms with Crippen LogP contribution in [0.3, 0.4) is 0 Å². The third-order valence-corrected chi connectivity index (χ3v) is 3.05. The van der Waals surface area contributed by atoms with Gasteiger partial charge in [0.05, 0.1) is 6.10 Å². The van der Waals surface area contributed by atoms with Gasteiger partial charge in [0.25, 0.3) is 0 Å². The summed E-state index contributed by atoms with van der Waals surface area (Å²) in [5.74, 6) is 0. The zero-order chi connectivity index (χ0) is 10.5. The zero-order valence-electron chi connectivity index (χ0n) is 9.49. The quantitative estimate of drug-likeness (QED) is 0.502. The Morgan fingerprint density at radius 2 is 1.87 bits per heavy atom. The summed E-state index contributed by atoms with van der Waals surface area (Å²) >= 11 is 0. The molecule has 0 N–H and O–H groups in total. The first-order valence-electron chi connectivity index (χ1n) is 6.12. The summed E-state index contributed by atoms with van der Waals surface area (Å²) in [4.78, 5) is 0. The number of benzene rings is 1. The second-order valence-corrected chi connectivity index (χ2v) is 4.36. The molecule has 0 aliphatic carbocycles. The van der Waals surface area contributed by atoms with Crippen molar-refractivity contribution in [3.63, 3.8) is 0 Å². The van der Waals surface area contributed by atoms with Crippen molar-refractivity contribution >= 4 is 0 Å². The van der Waals surface area contributed by atoms with E-state index in [0.29, 0.717) is 12.2 Å². The molecule has 0 unspecified atom stereocenters. The molecule has 0 saturated carbocycles. The molecular formula is C14H20O. The summed E-state index contributed by atoms with van der Waals surface area (Å²) in [7, 11) is 0. The molecule has 1 aromatic rings. The van der Waals surface area contributed by atoms with Crippen LogP contribution < -0.4 is 0 Å². The Hall–Kier alpha value is -0.820. The number of hydrogen-bond acceptors (Lipinski definition) is 1. The van der Waals surface area contributed by atoms with Crippen LogP contribution >= 0.6 is 0 Å². The van der Waals surface area contributed by atoms with Crippen molar-refractivity contribution in [2.45, 2.75) is 51.2 Å². The topological polar surface area (TPSA) is 12.5 Å². The van der Waals surface area contributed by atoms with E-state index in [0.717, 1.165) is 0 Å². The fourth-order valence-corrected chi connectivity index (χ4v) is 2.07. The zero-order valence-corrected chi connectivity index (χ0v) is 9.49. The van der Waals surface area contributed by atoms with Crippen molar-refractivity contribution < 1.29 is 4.74 Å². The molecule has 1 aromatic carbocycles. The molecule has 15 heavy (non-hydrogen) atoms. The SMILES string of the molecule is CCCCCC[C@@H]1O[C@H]1c1ccccc1. The maximum atomic E-state index is 5.68. The third kappa shape index (κ3) is 3.07. The van der Waals surface area contributed by atoms with Crippen molar-refractivity contribution in [1.29, 1.82) is 0 Å². The summed E-state index contributed by atoms with van der Waals surface area (Å²) in [5.41, 5.74) is 1.35. The number of ether oxygens (including phenoxy) is 1. The van der Waals surface area contributed by atoms with Gasteiger partial charge >= 0.3 is 0 Å². The lowest BCUT2D eigenvalue weighted by Gasteiger charge is -1.96. The van der Waals surface area contributed by atoms with Gasteiger partial charge in [-0.2, -0.15) is 0 Å².